The summed E-state index contributed by atoms with van der Waals surface area (Å²) in [5.74, 6) is -1.79. The van der Waals surface area contributed by atoms with Gasteiger partial charge in [0.15, 0.2) is 6.20 Å². The van der Waals surface area contributed by atoms with Crippen molar-refractivity contribution in [3.05, 3.63) is 83.3 Å². The van der Waals surface area contributed by atoms with Gasteiger partial charge in [0, 0.05) is 17.5 Å². The second-order valence-corrected chi connectivity index (χ2v) is 8.31. The van der Waals surface area contributed by atoms with E-state index in [1.54, 1.807) is 24.3 Å². The monoisotopic (exact) mass is 495 g/mol. The van der Waals surface area contributed by atoms with Crippen LogP contribution < -0.4 is 9.47 Å². The summed E-state index contributed by atoms with van der Waals surface area (Å²) in [6.07, 6.45) is -2.31. The van der Waals surface area contributed by atoms with Crippen LogP contribution in [0.3, 0.4) is 0 Å². The second-order valence-electron chi connectivity index (χ2n) is 7.87. The molecule has 0 spiro atoms. The van der Waals surface area contributed by atoms with Crippen molar-refractivity contribution in [3.63, 3.8) is 0 Å². The minimum Gasteiger partial charge on any atom is -0.618 e. The fraction of sp³-hybridized carbons (Fsp3) is 0.400. The number of carbonyl (C=O) groups is 1. The van der Waals surface area contributed by atoms with Crippen LogP contribution in [0.25, 0.3) is 0 Å². The minimum atomic E-state index is -1.32. The van der Waals surface area contributed by atoms with Crippen LogP contribution in [0.4, 0.5) is 0 Å². The summed E-state index contributed by atoms with van der Waals surface area (Å²) in [6.45, 7) is 1.54. The Morgan fingerprint density at radius 2 is 1.71 bits per heavy atom. The molecule has 34 heavy (non-hydrogen) atoms. The number of benzene rings is 1. The molecule has 0 saturated heterocycles. The zero-order chi connectivity index (χ0) is 24.6. The standard InChI is InChI=1S/C20H18ClN3O10/c1-10-18(32-20(25)12-6-16(33-23(27)28)17(7-12)34-24(29)30)15-9-31-19(14(15)8-22(10)26)11-2-4-13(21)5-3-11/h2-5,8,12,16-17,19H,6-7,9H2,1H3/t12?,16-,17+,19?. The third-order valence-electron chi connectivity index (χ3n) is 5.81. The Morgan fingerprint density at radius 3 is 2.26 bits per heavy atom. The Balaban J connectivity index is 1.58. The van der Waals surface area contributed by atoms with Gasteiger partial charge in [-0.2, -0.15) is 4.73 Å². The smallest absolute Gasteiger partial charge is 0.314 e. The molecule has 180 valence electrons. The maximum absolute atomic E-state index is 12.9. The molecule has 2 aromatic rings. The summed E-state index contributed by atoms with van der Waals surface area (Å²) in [5.41, 5.74) is 1.88. The highest BCUT2D eigenvalue weighted by atomic mass is 35.5. The molecule has 1 aliphatic heterocycles. The first-order chi connectivity index (χ1) is 16.1. The Hall–Kier alpha value is -3.71. The fourth-order valence-corrected chi connectivity index (χ4v) is 4.34. The van der Waals surface area contributed by atoms with Gasteiger partial charge in [-0.1, -0.05) is 23.7 Å². The molecule has 2 aliphatic rings. The Kier molecular flexibility index (Phi) is 6.39. The molecule has 1 fully saturated rings. The van der Waals surface area contributed by atoms with E-state index < -0.39 is 40.4 Å². The second kappa shape index (κ2) is 9.27. The molecule has 0 bridgehead atoms. The van der Waals surface area contributed by atoms with Crippen molar-refractivity contribution in [3.8, 4) is 5.75 Å². The average Bonchev–Trinajstić information content (AvgIpc) is 3.35. The highest BCUT2D eigenvalue weighted by Crippen LogP contribution is 2.41. The largest absolute Gasteiger partial charge is 0.618 e. The van der Waals surface area contributed by atoms with E-state index in [0.717, 1.165) is 5.56 Å². The van der Waals surface area contributed by atoms with Crippen LogP contribution in [-0.2, 0) is 25.8 Å². The molecule has 1 aliphatic carbocycles. The summed E-state index contributed by atoms with van der Waals surface area (Å²) in [6, 6.07) is 6.88. The van der Waals surface area contributed by atoms with Gasteiger partial charge in [-0.25, -0.2) is 0 Å². The van der Waals surface area contributed by atoms with Gasteiger partial charge in [0.25, 0.3) is 10.2 Å². The summed E-state index contributed by atoms with van der Waals surface area (Å²) >= 11 is 5.94. The zero-order valence-electron chi connectivity index (χ0n) is 17.6. The molecular formula is C20H18ClN3O10. The number of nitrogens with zero attached hydrogens (tertiary/aromatic N) is 3. The fourth-order valence-electron chi connectivity index (χ4n) is 4.21. The molecule has 2 unspecified atom stereocenters. The molecule has 0 radical (unpaired) electrons. The average molecular weight is 496 g/mol. The van der Waals surface area contributed by atoms with Crippen LogP contribution in [-0.4, -0.2) is 28.4 Å². The van der Waals surface area contributed by atoms with Gasteiger partial charge in [0.1, 0.15) is 18.3 Å². The number of hydrogen-bond acceptors (Lipinski definition) is 10. The maximum Gasteiger partial charge on any atom is 0.314 e. The summed E-state index contributed by atoms with van der Waals surface area (Å²) in [7, 11) is 0. The van der Waals surface area contributed by atoms with Crippen molar-refractivity contribution >= 4 is 17.6 Å². The number of hydrogen-bond donors (Lipinski definition) is 0. The van der Waals surface area contributed by atoms with Crippen molar-refractivity contribution < 1.29 is 38.8 Å². The van der Waals surface area contributed by atoms with Gasteiger partial charge in [-0.3, -0.25) is 4.79 Å². The van der Waals surface area contributed by atoms with E-state index >= 15 is 0 Å². The lowest BCUT2D eigenvalue weighted by Gasteiger charge is -2.15. The number of pyridine rings is 1. The number of carbonyl (C=O) groups excluding carboxylic acids is 1. The van der Waals surface area contributed by atoms with Crippen molar-refractivity contribution in [2.75, 3.05) is 0 Å². The Bertz CT molecular complexity index is 1120. The van der Waals surface area contributed by atoms with E-state index in [4.69, 9.17) is 21.1 Å². The van der Waals surface area contributed by atoms with Crippen LogP contribution >= 0.6 is 11.6 Å². The van der Waals surface area contributed by atoms with Crippen molar-refractivity contribution in [1.29, 1.82) is 0 Å². The van der Waals surface area contributed by atoms with E-state index in [-0.39, 0.29) is 30.9 Å². The lowest BCUT2D eigenvalue weighted by Crippen LogP contribution is -2.33. The van der Waals surface area contributed by atoms with Crippen molar-refractivity contribution in [2.24, 2.45) is 5.92 Å². The molecule has 1 saturated carbocycles. The van der Waals surface area contributed by atoms with Crippen molar-refractivity contribution in [2.45, 2.75) is 44.7 Å². The normalized spacial score (nSPS) is 23.2. The molecule has 2 heterocycles. The highest BCUT2D eigenvalue weighted by molar-refractivity contribution is 6.30. The van der Waals surface area contributed by atoms with Crippen LogP contribution in [0.5, 0.6) is 5.75 Å². The number of fused-ring (bicyclic) bond motifs is 1. The summed E-state index contributed by atoms with van der Waals surface area (Å²) in [4.78, 5) is 43.2. The SMILES string of the molecule is Cc1c(OC(=O)C2C[C@H](O[N+](=O)[O-])[C@H](O[N+](=O)[O-])C2)c2c(c[n+]1[O-])C(c1ccc(Cl)cc1)OC2. The van der Waals surface area contributed by atoms with Crippen LogP contribution in [0.2, 0.25) is 5.02 Å². The molecule has 4 atom stereocenters. The molecule has 4 rings (SSSR count). The molecule has 1 aromatic heterocycles. The van der Waals surface area contributed by atoms with Gasteiger partial charge in [0.05, 0.1) is 18.1 Å². The number of rotatable bonds is 7. The van der Waals surface area contributed by atoms with E-state index in [0.29, 0.717) is 20.9 Å². The molecule has 0 N–H and O–H groups in total. The molecular weight excluding hydrogens is 478 g/mol. The minimum absolute atomic E-state index is 0.0133. The summed E-state index contributed by atoms with van der Waals surface area (Å²) in [5, 5.41) is 32.3. The first kappa shape index (κ1) is 23.4. The van der Waals surface area contributed by atoms with E-state index in [1.807, 2.05) is 0 Å². The van der Waals surface area contributed by atoms with Gasteiger partial charge in [-0.05, 0) is 30.5 Å². The van der Waals surface area contributed by atoms with E-state index in [9.17, 15) is 30.2 Å². The van der Waals surface area contributed by atoms with Crippen molar-refractivity contribution in [1.82, 2.24) is 0 Å². The van der Waals surface area contributed by atoms with Gasteiger partial charge < -0.3 is 24.4 Å². The van der Waals surface area contributed by atoms with Gasteiger partial charge >= 0.3 is 5.97 Å². The Labute approximate surface area is 196 Å². The first-order valence-electron chi connectivity index (χ1n) is 10.1. The third-order valence-corrected chi connectivity index (χ3v) is 6.07. The lowest BCUT2D eigenvalue weighted by molar-refractivity contribution is -0.797. The maximum atomic E-state index is 12.9. The predicted molar refractivity (Wildman–Crippen MR) is 110 cm³/mol. The van der Waals surface area contributed by atoms with Gasteiger partial charge in [-0.15, -0.1) is 20.2 Å². The predicted octanol–water partition coefficient (Wildman–Crippen LogP) is 2.37. The molecule has 13 nitrogen and oxygen atoms in total. The zero-order valence-corrected chi connectivity index (χ0v) is 18.4. The number of aromatic nitrogens is 1. The number of ether oxygens (including phenoxy) is 2. The van der Waals surface area contributed by atoms with Crippen LogP contribution in [0.15, 0.2) is 30.5 Å². The van der Waals surface area contributed by atoms with E-state index in [1.165, 1.54) is 13.1 Å². The molecule has 1 aromatic carbocycles. The number of halogens is 1. The van der Waals surface area contributed by atoms with Crippen LogP contribution in [0, 0.1) is 38.3 Å². The first-order valence-corrected chi connectivity index (χ1v) is 10.5. The molecule has 14 heteroatoms. The van der Waals surface area contributed by atoms with Crippen LogP contribution in [0.1, 0.15) is 41.3 Å². The lowest BCUT2D eigenvalue weighted by atomic mass is 10.00. The number of esters is 1. The summed E-state index contributed by atoms with van der Waals surface area (Å²) < 4.78 is 12.0. The van der Waals surface area contributed by atoms with Gasteiger partial charge in [0.2, 0.25) is 11.4 Å². The molecule has 0 amide bonds. The quantitative estimate of drug-likeness (QED) is 0.183. The highest BCUT2D eigenvalue weighted by Gasteiger charge is 2.44. The third kappa shape index (κ3) is 4.65. The van der Waals surface area contributed by atoms with E-state index in [2.05, 4.69) is 9.68 Å². The topological polar surface area (TPSA) is 167 Å². The Morgan fingerprint density at radius 1 is 1.12 bits per heavy atom.